The first-order chi connectivity index (χ1) is 15.7. The van der Waals surface area contributed by atoms with Crippen molar-refractivity contribution in [3.05, 3.63) is 77.9 Å². The van der Waals surface area contributed by atoms with Crippen molar-refractivity contribution >= 4 is 16.8 Å². The van der Waals surface area contributed by atoms with Gasteiger partial charge in [-0.1, -0.05) is 12.1 Å². The van der Waals surface area contributed by atoms with Crippen molar-refractivity contribution in [3.8, 4) is 17.2 Å². The number of hydrogen-bond donors (Lipinski definition) is 2. The molecule has 4 aromatic rings. The molecule has 2 aromatic heterocycles. The van der Waals surface area contributed by atoms with Gasteiger partial charge in [-0.25, -0.2) is 0 Å². The molecule has 2 N–H and O–H groups in total. The number of H-pyrrole nitrogens is 1. The fraction of sp³-hybridized carbons (Fsp3) is 0.240. The Balaban J connectivity index is 1.51. The largest absolute Gasteiger partial charge is 0.496 e. The van der Waals surface area contributed by atoms with E-state index in [9.17, 15) is 4.79 Å². The minimum absolute atomic E-state index is 0.0782. The number of furan rings is 1. The van der Waals surface area contributed by atoms with Crippen LogP contribution in [0.4, 0.5) is 0 Å². The van der Waals surface area contributed by atoms with E-state index in [0.29, 0.717) is 31.3 Å². The lowest BCUT2D eigenvalue weighted by molar-refractivity contribution is -0.121. The van der Waals surface area contributed by atoms with Crippen molar-refractivity contribution in [3.63, 3.8) is 0 Å². The summed E-state index contributed by atoms with van der Waals surface area (Å²) in [5.74, 6) is 2.59. The molecule has 0 spiro atoms. The number of benzene rings is 2. The highest BCUT2D eigenvalue weighted by atomic mass is 16.6. The highest BCUT2D eigenvalue weighted by Gasteiger charge is 2.25. The lowest BCUT2D eigenvalue weighted by atomic mass is 9.87. The summed E-state index contributed by atoms with van der Waals surface area (Å²) in [6.45, 7) is 1.38. The van der Waals surface area contributed by atoms with E-state index >= 15 is 0 Å². The number of carbonyl (C=O) groups excluding carboxylic acids is 1. The summed E-state index contributed by atoms with van der Waals surface area (Å²) >= 11 is 0. The fourth-order valence-corrected chi connectivity index (χ4v) is 4.16. The number of amides is 1. The van der Waals surface area contributed by atoms with E-state index in [2.05, 4.69) is 10.3 Å². The van der Waals surface area contributed by atoms with E-state index in [1.807, 2.05) is 48.7 Å². The van der Waals surface area contributed by atoms with Gasteiger partial charge in [0.05, 0.1) is 19.9 Å². The SMILES string of the molecule is COc1cccc2[nH]cc(C(CC(=O)NCc3ccco3)c3ccc4c(c3)OCCO4)c12. The zero-order valence-electron chi connectivity index (χ0n) is 17.7. The third-order valence-electron chi connectivity index (χ3n) is 5.69. The Labute approximate surface area is 185 Å². The second-order valence-electron chi connectivity index (χ2n) is 7.64. The van der Waals surface area contributed by atoms with E-state index in [4.69, 9.17) is 18.6 Å². The van der Waals surface area contributed by atoms with Crippen LogP contribution in [0.1, 0.15) is 29.2 Å². The molecule has 7 nitrogen and oxygen atoms in total. The van der Waals surface area contributed by atoms with E-state index in [0.717, 1.165) is 33.5 Å². The van der Waals surface area contributed by atoms with Crippen LogP contribution in [0.3, 0.4) is 0 Å². The molecular weight excluding hydrogens is 408 g/mol. The molecular formula is C25H24N2O5. The molecule has 2 aromatic carbocycles. The summed E-state index contributed by atoms with van der Waals surface area (Å²) in [6.07, 6.45) is 3.80. The standard InChI is InChI=1S/C25H24N2O5/c1-29-22-6-2-5-20-25(22)19(15-26-20)18(13-24(28)27-14-17-4-3-9-30-17)16-7-8-21-23(12-16)32-11-10-31-21/h2-9,12,15,18,26H,10-11,13-14H2,1H3,(H,27,28). The first kappa shape index (κ1) is 20.1. The maximum Gasteiger partial charge on any atom is 0.221 e. The molecule has 1 unspecified atom stereocenters. The van der Waals surface area contributed by atoms with Crippen molar-refractivity contribution < 1.29 is 23.4 Å². The number of methoxy groups -OCH3 is 1. The van der Waals surface area contributed by atoms with Crippen LogP contribution in [-0.4, -0.2) is 31.2 Å². The lowest BCUT2D eigenvalue weighted by Crippen LogP contribution is -2.25. The maximum atomic E-state index is 12.9. The average molecular weight is 432 g/mol. The quantitative estimate of drug-likeness (QED) is 0.453. The van der Waals surface area contributed by atoms with Crippen molar-refractivity contribution in [1.29, 1.82) is 0 Å². The van der Waals surface area contributed by atoms with Gasteiger partial charge in [0.15, 0.2) is 11.5 Å². The first-order valence-corrected chi connectivity index (χ1v) is 10.6. The molecule has 1 atom stereocenters. The average Bonchev–Trinajstić information content (AvgIpc) is 3.51. The van der Waals surface area contributed by atoms with Crippen LogP contribution in [0.5, 0.6) is 17.2 Å². The van der Waals surface area contributed by atoms with Gasteiger partial charge in [0, 0.05) is 29.4 Å². The van der Waals surface area contributed by atoms with Crippen LogP contribution in [0.25, 0.3) is 10.9 Å². The summed E-state index contributed by atoms with van der Waals surface area (Å²) in [4.78, 5) is 16.3. The Hall–Kier alpha value is -3.87. The van der Waals surface area contributed by atoms with Gasteiger partial charge in [-0.15, -0.1) is 0 Å². The molecule has 0 radical (unpaired) electrons. The predicted molar refractivity (Wildman–Crippen MR) is 119 cm³/mol. The van der Waals surface area contributed by atoms with Gasteiger partial charge in [-0.2, -0.15) is 0 Å². The topological polar surface area (TPSA) is 85.7 Å². The minimum Gasteiger partial charge on any atom is -0.496 e. The van der Waals surface area contributed by atoms with Gasteiger partial charge in [-0.05, 0) is 47.5 Å². The predicted octanol–water partition coefficient (Wildman–Crippen LogP) is 4.38. The summed E-state index contributed by atoms with van der Waals surface area (Å²) in [6, 6.07) is 15.4. The molecule has 7 heteroatoms. The van der Waals surface area contributed by atoms with Crippen molar-refractivity contribution in [2.45, 2.75) is 18.9 Å². The number of nitrogens with one attached hydrogen (secondary N) is 2. The number of hydrogen-bond acceptors (Lipinski definition) is 5. The van der Waals surface area contributed by atoms with Crippen molar-refractivity contribution in [2.75, 3.05) is 20.3 Å². The van der Waals surface area contributed by atoms with Crippen LogP contribution < -0.4 is 19.5 Å². The molecule has 1 aliphatic rings. The molecule has 32 heavy (non-hydrogen) atoms. The molecule has 1 aliphatic heterocycles. The third kappa shape index (κ3) is 3.89. The van der Waals surface area contributed by atoms with E-state index < -0.39 is 0 Å². The van der Waals surface area contributed by atoms with Crippen LogP contribution in [-0.2, 0) is 11.3 Å². The molecule has 1 amide bonds. The smallest absolute Gasteiger partial charge is 0.221 e. The molecule has 164 valence electrons. The summed E-state index contributed by atoms with van der Waals surface area (Å²) in [5.41, 5.74) is 2.91. The third-order valence-corrected chi connectivity index (χ3v) is 5.69. The van der Waals surface area contributed by atoms with Crippen LogP contribution >= 0.6 is 0 Å². The van der Waals surface area contributed by atoms with Crippen LogP contribution in [0, 0.1) is 0 Å². The van der Waals surface area contributed by atoms with Gasteiger partial charge in [-0.3, -0.25) is 4.79 Å². The Kier molecular flexibility index (Phi) is 5.46. The van der Waals surface area contributed by atoms with E-state index in [-0.39, 0.29) is 18.2 Å². The fourth-order valence-electron chi connectivity index (χ4n) is 4.16. The number of aromatic nitrogens is 1. The number of carbonyl (C=O) groups is 1. The van der Waals surface area contributed by atoms with E-state index in [1.54, 1.807) is 19.4 Å². The second-order valence-corrected chi connectivity index (χ2v) is 7.64. The summed E-state index contributed by atoms with van der Waals surface area (Å²) in [5, 5.41) is 3.92. The zero-order valence-corrected chi connectivity index (χ0v) is 17.7. The molecule has 3 heterocycles. The number of fused-ring (bicyclic) bond motifs is 2. The van der Waals surface area contributed by atoms with Gasteiger partial charge >= 0.3 is 0 Å². The van der Waals surface area contributed by atoms with Gasteiger partial charge in [0.2, 0.25) is 5.91 Å². The first-order valence-electron chi connectivity index (χ1n) is 10.6. The monoisotopic (exact) mass is 432 g/mol. The molecule has 0 saturated carbocycles. The summed E-state index contributed by atoms with van der Waals surface area (Å²) < 4.78 is 22.4. The number of ether oxygens (including phenoxy) is 3. The molecule has 0 aliphatic carbocycles. The van der Waals surface area contributed by atoms with Crippen molar-refractivity contribution in [1.82, 2.24) is 10.3 Å². The highest BCUT2D eigenvalue weighted by molar-refractivity contribution is 5.91. The van der Waals surface area contributed by atoms with E-state index in [1.165, 1.54) is 0 Å². The van der Waals surface area contributed by atoms with Crippen LogP contribution in [0.15, 0.2) is 65.4 Å². The maximum absolute atomic E-state index is 12.9. The second kappa shape index (κ2) is 8.70. The molecule has 0 bridgehead atoms. The number of aromatic amines is 1. The van der Waals surface area contributed by atoms with Crippen molar-refractivity contribution in [2.24, 2.45) is 0 Å². The molecule has 5 rings (SSSR count). The lowest BCUT2D eigenvalue weighted by Gasteiger charge is -2.22. The Morgan fingerprint density at radius 1 is 1.12 bits per heavy atom. The minimum atomic E-state index is -0.215. The summed E-state index contributed by atoms with van der Waals surface area (Å²) in [7, 11) is 1.65. The number of rotatable bonds is 7. The van der Waals surface area contributed by atoms with Gasteiger partial charge < -0.3 is 28.9 Å². The Morgan fingerprint density at radius 3 is 2.81 bits per heavy atom. The molecule has 0 saturated heterocycles. The molecule has 0 fully saturated rings. The van der Waals surface area contributed by atoms with Gasteiger partial charge in [0.1, 0.15) is 24.7 Å². The normalized spacial score (nSPS) is 13.7. The Morgan fingerprint density at radius 2 is 2.00 bits per heavy atom. The Bertz CT molecular complexity index is 1230. The highest BCUT2D eigenvalue weighted by Crippen LogP contribution is 2.41. The van der Waals surface area contributed by atoms with Crippen LogP contribution in [0.2, 0.25) is 0 Å². The zero-order chi connectivity index (χ0) is 21.9. The van der Waals surface area contributed by atoms with Gasteiger partial charge in [0.25, 0.3) is 0 Å².